The van der Waals surface area contributed by atoms with Gasteiger partial charge in [-0.05, 0) is 12.2 Å². The SMILES string of the molecule is NC(N)=N/N=C/C1=NC(=S)NC(=O)C1. The van der Waals surface area contributed by atoms with E-state index in [0.29, 0.717) is 5.71 Å². The lowest BCUT2D eigenvalue weighted by Gasteiger charge is -2.08. The van der Waals surface area contributed by atoms with E-state index in [0.717, 1.165) is 0 Å². The first-order chi connectivity index (χ1) is 6.58. The average Bonchev–Trinajstić information content (AvgIpc) is 2.01. The molecule has 0 spiro atoms. The fourth-order valence-corrected chi connectivity index (χ4v) is 0.994. The van der Waals surface area contributed by atoms with E-state index in [9.17, 15) is 4.79 Å². The molecule has 1 aliphatic rings. The molecule has 1 aliphatic heterocycles. The van der Waals surface area contributed by atoms with Crippen molar-refractivity contribution in [3.63, 3.8) is 0 Å². The van der Waals surface area contributed by atoms with Crippen molar-refractivity contribution in [2.75, 3.05) is 0 Å². The molecule has 0 unspecified atom stereocenters. The number of thiocarbonyl (C=S) groups is 1. The molecular weight excluding hydrogens is 204 g/mol. The molecule has 0 aromatic heterocycles. The summed E-state index contributed by atoms with van der Waals surface area (Å²) < 4.78 is 0. The predicted octanol–water partition coefficient (Wildman–Crippen LogP) is -1.51. The molecule has 1 rings (SSSR count). The number of rotatable bonds is 2. The van der Waals surface area contributed by atoms with Gasteiger partial charge in [0.25, 0.3) is 0 Å². The lowest BCUT2D eigenvalue weighted by atomic mass is 10.2. The second-order valence-electron chi connectivity index (χ2n) is 2.40. The molecular formula is C6H8N6OS. The largest absolute Gasteiger partial charge is 0.369 e. The van der Waals surface area contributed by atoms with Crippen LogP contribution in [0, 0.1) is 0 Å². The van der Waals surface area contributed by atoms with Gasteiger partial charge in [-0.3, -0.25) is 4.79 Å². The van der Waals surface area contributed by atoms with Crippen molar-refractivity contribution in [1.82, 2.24) is 5.32 Å². The van der Waals surface area contributed by atoms with E-state index < -0.39 is 0 Å². The first-order valence-electron chi connectivity index (χ1n) is 3.61. The van der Waals surface area contributed by atoms with Gasteiger partial charge in [0.05, 0.1) is 18.3 Å². The van der Waals surface area contributed by atoms with Crippen LogP contribution in [0.4, 0.5) is 0 Å². The molecule has 0 aromatic rings. The van der Waals surface area contributed by atoms with E-state index in [4.69, 9.17) is 23.7 Å². The summed E-state index contributed by atoms with van der Waals surface area (Å²) in [7, 11) is 0. The Balaban J connectivity index is 2.69. The minimum atomic E-state index is -0.226. The van der Waals surface area contributed by atoms with Gasteiger partial charge in [-0.15, -0.1) is 5.10 Å². The van der Waals surface area contributed by atoms with Gasteiger partial charge in [-0.1, -0.05) is 0 Å². The summed E-state index contributed by atoms with van der Waals surface area (Å²) in [6.45, 7) is 0. The molecule has 14 heavy (non-hydrogen) atoms. The van der Waals surface area contributed by atoms with Crippen LogP contribution in [0.2, 0.25) is 0 Å². The summed E-state index contributed by atoms with van der Waals surface area (Å²) in [6, 6.07) is 0. The van der Waals surface area contributed by atoms with Crippen LogP contribution in [-0.2, 0) is 4.79 Å². The number of hydrogen-bond acceptors (Lipinski definition) is 4. The molecule has 8 heteroatoms. The summed E-state index contributed by atoms with van der Waals surface area (Å²) in [5.41, 5.74) is 10.5. The van der Waals surface area contributed by atoms with Crippen molar-refractivity contribution >= 4 is 41.1 Å². The van der Waals surface area contributed by atoms with Gasteiger partial charge < -0.3 is 16.8 Å². The summed E-state index contributed by atoms with van der Waals surface area (Å²) in [5, 5.41) is 9.35. The Labute approximate surface area is 85.0 Å². The van der Waals surface area contributed by atoms with Gasteiger partial charge in [0.15, 0.2) is 5.11 Å². The second kappa shape index (κ2) is 4.42. The predicted molar refractivity (Wildman–Crippen MR) is 57.1 cm³/mol. The van der Waals surface area contributed by atoms with Crippen LogP contribution in [0.3, 0.4) is 0 Å². The molecule has 0 aliphatic carbocycles. The smallest absolute Gasteiger partial charge is 0.232 e. The zero-order chi connectivity index (χ0) is 10.6. The van der Waals surface area contributed by atoms with Crippen molar-refractivity contribution in [2.45, 2.75) is 6.42 Å². The van der Waals surface area contributed by atoms with Crippen molar-refractivity contribution in [2.24, 2.45) is 26.7 Å². The van der Waals surface area contributed by atoms with Crippen LogP contribution in [0.25, 0.3) is 0 Å². The average molecular weight is 212 g/mol. The van der Waals surface area contributed by atoms with Crippen LogP contribution >= 0.6 is 12.2 Å². The highest BCUT2D eigenvalue weighted by Gasteiger charge is 2.13. The molecule has 0 aromatic carbocycles. The standard InChI is InChI=1S/C6H8N6OS/c7-5(8)12-9-2-3-1-4(13)11-6(14)10-3/h2H,1H2,(H4,7,8,12)(H,11,13,14)/b9-2+. The van der Waals surface area contributed by atoms with Crippen LogP contribution in [0.5, 0.6) is 0 Å². The molecule has 1 amide bonds. The van der Waals surface area contributed by atoms with Crippen LogP contribution < -0.4 is 16.8 Å². The third-order valence-electron chi connectivity index (χ3n) is 1.21. The maximum atomic E-state index is 11.0. The summed E-state index contributed by atoms with van der Waals surface area (Å²) in [5.74, 6) is -0.388. The number of nitrogens with zero attached hydrogens (tertiary/aromatic N) is 3. The highest BCUT2D eigenvalue weighted by Crippen LogP contribution is 1.94. The molecule has 1 heterocycles. The third kappa shape index (κ3) is 3.27. The van der Waals surface area contributed by atoms with E-state index in [2.05, 4.69) is 20.5 Å². The van der Waals surface area contributed by atoms with E-state index in [1.807, 2.05) is 0 Å². The van der Waals surface area contributed by atoms with Crippen LogP contribution in [0.15, 0.2) is 15.2 Å². The van der Waals surface area contributed by atoms with Crippen LogP contribution in [0.1, 0.15) is 6.42 Å². The zero-order valence-corrected chi connectivity index (χ0v) is 7.91. The fraction of sp³-hybridized carbons (Fsp3) is 0.167. The van der Waals surface area contributed by atoms with Crippen molar-refractivity contribution in [1.29, 1.82) is 0 Å². The first-order valence-corrected chi connectivity index (χ1v) is 4.02. The third-order valence-corrected chi connectivity index (χ3v) is 1.41. The molecule has 7 nitrogen and oxygen atoms in total. The minimum Gasteiger partial charge on any atom is -0.369 e. The van der Waals surface area contributed by atoms with E-state index >= 15 is 0 Å². The van der Waals surface area contributed by atoms with Gasteiger partial charge in [-0.25, -0.2) is 4.99 Å². The Bertz CT molecular complexity index is 353. The Kier molecular flexibility index (Phi) is 3.24. The Morgan fingerprint density at radius 1 is 1.64 bits per heavy atom. The minimum absolute atomic E-state index is 0.115. The topological polar surface area (TPSA) is 118 Å². The normalized spacial score (nSPS) is 16.4. The summed E-state index contributed by atoms with van der Waals surface area (Å²) in [6.07, 6.45) is 1.40. The lowest BCUT2D eigenvalue weighted by molar-refractivity contribution is -0.118. The molecule has 74 valence electrons. The number of aliphatic imine (C=N–C) groups is 1. The molecule has 0 atom stereocenters. The van der Waals surface area contributed by atoms with Gasteiger partial charge in [0.1, 0.15) is 0 Å². The second-order valence-corrected chi connectivity index (χ2v) is 2.79. The number of guanidine groups is 1. The number of hydrogen-bond donors (Lipinski definition) is 3. The summed E-state index contributed by atoms with van der Waals surface area (Å²) >= 11 is 4.70. The number of carbonyl (C=O) groups excluding carboxylic acids is 1. The fourth-order valence-electron chi connectivity index (χ4n) is 0.763. The Morgan fingerprint density at radius 2 is 2.36 bits per heavy atom. The zero-order valence-electron chi connectivity index (χ0n) is 7.10. The van der Waals surface area contributed by atoms with E-state index in [1.165, 1.54) is 6.21 Å². The highest BCUT2D eigenvalue weighted by atomic mass is 32.1. The van der Waals surface area contributed by atoms with Crippen molar-refractivity contribution in [3.8, 4) is 0 Å². The van der Waals surface area contributed by atoms with Crippen LogP contribution in [-0.4, -0.2) is 28.9 Å². The maximum Gasteiger partial charge on any atom is 0.232 e. The maximum absolute atomic E-state index is 11.0. The molecule has 0 bridgehead atoms. The molecule has 0 saturated carbocycles. The number of amides is 1. The number of carbonyl (C=O) groups is 1. The highest BCUT2D eigenvalue weighted by molar-refractivity contribution is 7.80. The van der Waals surface area contributed by atoms with E-state index in [-0.39, 0.29) is 23.4 Å². The molecule has 5 N–H and O–H groups in total. The van der Waals surface area contributed by atoms with Crippen molar-refractivity contribution < 1.29 is 4.79 Å². The monoisotopic (exact) mass is 212 g/mol. The molecule has 0 saturated heterocycles. The Hall–Kier alpha value is -1.83. The molecule has 0 fully saturated rings. The van der Waals surface area contributed by atoms with Gasteiger partial charge in [0.2, 0.25) is 11.9 Å². The van der Waals surface area contributed by atoms with Gasteiger partial charge in [-0.2, -0.15) is 5.10 Å². The van der Waals surface area contributed by atoms with Gasteiger partial charge >= 0.3 is 0 Å². The van der Waals surface area contributed by atoms with Crippen molar-refractivity contribution in [3.05, 3.63) is 0 Å². The van der Waals surface area contributed by atoms with Gasteiger partial charge in [0, 0.05) is 0 Å². The summed E-state index contributed by atoms with van der Waals surface area (Å²) in [4.78, 5) is 14.8. The number of nitrogens with one attached hydrogen (secondary N) is 1. The Morgan fingerprint density at radius 3 is 2.93 bits per heavy atom. The quantitative estimate of drug-likeness (QED) is 0.223. The first kappa shape index (κ1) is 10.3. The van der Waals surface area contributed by atoms with E-state index in [1.54, 1.807) is 0 Å². The molecule has 0 radical (unpaired) electrons. The lowest BCUT2D eigenvalue weighted by Crippen LogP contribution is -2.35. The number of nitrogens with two attached hydrogens (primary N) is 2.